The van der Waals surface area contributed by atoms with Crippen molar-refractivity contribution in [2.24, 2.45) is 11.8 Å². The Balaban J connectivity index is 1.73. The molecule has 2 atom stereocenters. The summed E-state index contributed by atoms with van der Waals surface area (Å²) < 4.78 is 0. The fraction of sp³-hybridized carbons (Fsp3) is 1.00. The molecule has 1 saturated carbocycles. The van der Waals surface area contributed by atoms with Crippen LogP contribution >= 0.6 is 0 Å². The number of hydrogen-bond acceptors (Lipinski definition) is 3. The molecule has 3 nitrogen and oxygen atoms in total. The van der Waals surface area contributed by atoms with E-state index in [0.29, 0.717) is 12.1 Å². The normalized spacial score (nSPS) is 25.6. The minimum atomic E-state index is 0.689. The highest BCUT2D eigenvalue weighted by Gasteiger charge is 2.26. The van der Waals surface area contributed by atoms with E-state index in [1.807, 2.05) is 0 Å². The standard InChI is InChI=1S/C17H35N3/c1-14(2)17(20-10-8-19(4)9-11-20)13-18-15(3)12-16-6-5-7-16/h14-18H,5-13H2,1-4H3. The summed E-state index contributed by atoms with van der Waals surface area (Å²) in [5.74, 6) is 1.75. The molecule has 2 aliphatic rings. The van der Waals surface area contributed by atoms with Crippen LogP contribution in [0.4, 0.5) is 0 Å². The topological polar surface area (TPSA) is 18.5 Å². The fourth-order valence-electron chi connectivity index (χ4n) is 3.57. The van der Waals surface area contributed by atoms with Gasteiger partial charge in [0.25, 0.3) is 0 Å². The first-order valence-corrected chi connectivity index (χ1v) is 8.72. The number of hydrogen-bond donors (Lipinski definition) is 1. The van der Waals surface area contributed by atoms with E-state index in [0.717, 1.165) is 18.4 Å². The quantitative estimate of drug-likeness (QED) is 0.773. The zero-order chi connectivity index (χ0) is 14.5. The molecule has 1 N–H and O–H groups in total. The molecule has 20 heavy (non-hydrogen) atoms. The van der Waals surface area contributed by atoms with Crippen molar-refractivity contribution in [3.63, 3.8) is 0 Å². The number of nitrogens with one attached hydrogen (secondary N) is 1. The van der Waals surface area contributed by atoms with Crippen LogP contribution in [0.2, 0.25) is 0 Å². The number of likely N-dealkylation sites (N-methyl/N-ethyl adjacent to an activating group) is 1. The number of rotatable bonds is 7. The van der Waals surface area contributed by atoms with Crippen LogP contribution in [0, 0.1) is 11.8 Å². The molecule has 118 valence electrons. The van der Waals surface area contributed by atoms with Gasteiger partial charge in [-0.3, -0.25) is 4.90 Å². The van der Waals surface area contributed by atoms with Crippen LogP contribution in [0.5, 0.6) is 0 Å². The Morgan fingerprint density at radius 3 is 2.20 bits per heavy atom. The molecule has 1 aliphatic carbocycles. The van der Waals surface area contributed by atoms with E-state index in [2.05, 4.69) is 42.9 Å². The summed E-state index contributed by atoms with van der Waals surface area (Å²) in [5.41, 5.74) is 0. The largest absolute Gasteiger partial charge is 0.313 e. The van der Waals surface area contributed by atoms with Gasteiger partial charge in [0.05, 0.1) is 0 Å². The molecule has 2 rings (SSSR count). The number of piperazine rings is 1. The molecular formula is C17H35N3. The van der Waals surface area contributed by atoms with Crippen LogP contribution < -0.4 is 5.32 Å². The second-order valence-electron chi connectivity index (χ2n) is 7.49. The van der Waals surface area contributed by atoms with Crippen molar-refractivity contribution < 1.29 is 0 Å². The molecule has 1 aliphatic heterocycles. The van der Waals surface area contributed by atoms with Crippen molar-refractivity contribution in [2.75, 3.05) is 39.8 Å². The Bertz CT molecular complexity index is 267. The van der Waals surface area contributed by atoms with Gasteiger partial charge in [-0.05, 0) is 32.2 Å². The summed E-state index contributed by atoms with van der Waals surface area (Å²) in [5, 5.41) is 3.82. The summed E-state index contributed by atoms with van der Waals surface area (Å²) in [6.45, 7) is 13.2. The molecule has 1 heterocycles. The van der Waals surface area contributed by atoms with Gasteiger partial charge in [0, 0.05) is 44.8 Å². The van der Waals surface area contributed by atoms with Gasteiger partial charge in [-0.25, -0.2) is 0 Å². The second kappa shape index (κ2) is 7.77. The first-order chi connectivity index (χ1) is 9.56. The molecule has 0 radical (unpaired) electrons. The molecule has 1 saturated heterocycles. The first-order valence-electron chi connectivity index (χ1n) is 8.72. The lowest BCUT2D eigenvalue weighted by molar-refractivity contribution is 0.0853. The summed E-state index contributed by atoms with van der Waals surface area (Å²) in [4.78, 5) is 5.15. The summed E-state index contributed by atoms with van der Waals surface area (Å²) in [6, 6.07) is 1.39. The summed E-state index contributed by atoms with van der Waals surface area (Å²) in [7, 11) is 2.24. The van der Waals surface area contributed by atoms with E-state index in [-0.39, 0.29) is 0 Å². The third-order valence-electron chi connectivity index (χ3n) is 5.36. The van der Waals surface area contributed by atoms with Crippen molar-refractivity contribution in [1.82, 2.24) is 15.1 Å². The minimum Gasteiger partial charge on any atom is -0.313 e. The minimum absolute atomic E-state index is 0.689. The molecule has 2 fully saturated rings. The summed E-state index contributed by atoms with van der Waals surface area (Å²) >= 11 is 0. The molecule has 0 amide bonds. The lowest BCUT2D eigenvalue weighted by Gasteiger charge is -2.40. The van der Waals surface area contributed by atoms with Gasteiger partial charge >= 0.3 is 0 Å². The monoisotopic (exact) mass is 281 g/mol. The van der Waals surface area contributed by atoms with Gasteiger partial charge in [0.15, 0.2) is 0 Å². The molecule has 0 spiro atoms. The summed E-state index contributed by atoms with van der Waals surface area (Å²) in [6.07, 6.45) is 5.79. The van der Waals surface area contributed by atoms with E-state index in [1.165, 1.54) is 51.9 Å². The molecule has 3 heteroatoms. The second-order valence-corrected chi connectivity index (χ2v) is 7.49. The van der Waals surface area contributed by atoms with Gasteiger partial charge in [-0.2, -0.15) is 0 Å². The Morgan fingerprint density at radius 2 is 1.70 bits per heavy atom. The Hall–Kier alpha value is -0.120. The van der Waals surface area contributed by atoms with Crippen LogP contribution in [-0.2, 0) is 0 Å². The third kappa shape index (κ3) is 4.71. The van der Waals surface area contributed by atoms with Crippen molar-refractivity contribution in [1.29, 1.82) is 0 Å². The average Bonchev–Trinajstić information content (AvgIpc) is 2.36. The van der Waals surface area contributed by atoms with Gasteiger partial charge in [-0.15, -0.1) is 0 Å². The predicted octanol–water partition coefficient (Wildman–Crippen LogP) is 2.43. The van der Waals surface area contributed by atoms with E-state index in [4.69, 9.17) is 0 Å². The maximum Gasteiger partial charge on any atom is 0.0244 e. The Kier molecular flexibility index (Phi) is 6.31. The van der Waals surface area contributed by atoms with Crippen molar-refractivity contribution in [2.45, 2.75) is 58.5 Å². The van der Waals surface area contributed by atoms with Gasteiger partial charge in [0.2, 0.25) is 0 Å². The third-order valence-corrected chi connectivity index (χ3v) is 5.36. The van der Waals surface area contributed by atoms with E-state index in [9.17, 15) is 0 Å². The molecule has 2 unspecified atom stereocenters. The average molecular weight is 281 g/mol. The number of nitrogens with zero attached hydrogens (tertiary/aromatic N) is 2. The first kappa shape index (κ1) is 16.3. The van der Waals surface area contributed by atoms with Crippen LogP contribution in [0.25, 0.3) is 0 Å². The molecule has 0 aromatic carbocycles. The zero-order valence-electron chi connectivity index (χ0n) is 14.1. The highest BCUT2D eigenvalue weighted by molar-refractivity contribution is 4.83. The predicted molar refractivity (Wildman–Crippen MR) is 87.1 cm³/mol. The lowest BCUT2D eigenvalue weighted by atomic mass is 9.81. The van der Waals surface area contributed by atoms with Crippen LogP contribution in [-0.4, -0.2) is 61.7 Å². The highest BCUT2D eigenvalue weighted by Crippen LogP contribution is 2.30. The maximum atomic E-state index is 3.82. The van der Waals surface area contributed by atoms with Crippen molar-refractivity contribution >= 4 is 0 Å². The van der Waals surface area contributed by atoms with E-state index in [1.54, 1.807) is 0 Å². The molecular weight excluding hydrogens is 246 g/mol. The zero-order valence-corrected chi connectivity index (χ0v) is 14.1. The van der Waals surface area contributed by atoms with Crippen LogP contribution in [0.1, 0.15) is 46.5 Å². The van der Waals surface area contributed by atoms with Crippen molar-refractivity contribution in [3.05, 3.63) is 0 Å². The van der Waals surface area contributed by atoms with E-state index >= 15 is 0 Å². The lowest BCUT2D eigenvalue weighted by Crippen LogP contribution is -2.54. The van der Waals surface area contributed by atoms with Crippen LogP contribution in [0.15, 0.2) is 0 Å². The van der Waals surface area contributed by atoms with Gasteiger partial charge < -0.3 is 10.2 Å². The van der Waals surface area contributed by atoms with Gasteiger partial charge in [-0.1, -0.05) is 33.1 Å². The fourth-order valence-corrected chi connectivity index (χ4v) is 3.57. The Labute approximate surface area is 126 Å². The molecule has 0 bridgehead atoms. The Morgan fingerprint density at radius 1 is 1.05 bits per heavy atom. The van der Waals surface area contributed by atoms with E-state index < -0.39 is 0 Å². The van der Waals surface area contributed by atoms with Crippen LogP contribution in [0.3, 0.4) is 0 Å². The molecule has 0 aromatic heterocycles. The SMILES string of the molecule is CC(CC1CCC1)NCC(C(C)C)N1CCN(C)CC1. The molecule has 0 aromatic rings. The maximum absolute atomic E-state index is 3.82. The highest BCUT2D eigenvalue weighted by atomic mass is 15.3. The van der Waals surface area contributed by atoms with Crippen molar-refractivity contribution in [3.8, 4) is 0 Å². The smallest absolute Gasteiger partial charge is 0.0244 e. The van der Waals surface area contributed by atoms with Gasteiger partial charge in [0.1, 0.15) is 0 Å².